The van der Waals surface area contributed by atoms with Gasteiger partial charge in [0.15, 0.2) is 0 Å². The molecule has 0 saturated carbocycles. The van der Waals surface area contributed by atoms with E-state index in [0.29, 0.717) is 0 Å². The number of aryl methyl sites for hydroxylation is 1. The molecule has 2 heteroatoms. The van der Waals surface area contributed by atoms with Crippen molar-refractivity contribution in [2.45, 2.75) is 16.7 Å². The lowest BCUT2D eigenvalue weighted by Crippen LogP contribution is -1.95. The fourth-order valence-electron chi connectivity index (χ4n) is 3.66. The summed E-state index contributed by atoms with van der Waals surface area (Å²) in [6.07, 6.45) is 0. The van der Waals surface area contributed by atoms with Crippen LogP contribution in [0.15, 0.2) is 88.7 Å². The molecule has 5 aromatic rings. The highest BCUT2D eigenvalue weighted by atomic mass is 32.2. The fourth-order valence-corrected chi connectivity index (χ4v) is 4.86. The molecule has 25 heavy (non-hydrogen) atoms. The van der Waals surface area contributed by atoms with Crippen LogP contribution in [-0.4, -0.2) is 4.21 Å². The average Bonchev–Trinajstić information content (AvgIpc) is 2.66. The molecule has 0 fully saturated rings. The van der Waals surface area contributed by atoms with Crippen LogP contribution in [0, 0.1) is 6.92 Å². The Morgan fingerprint density at radius 2 is 1.24 bits per heavy atom. The summed E-state index contributed by atoms with van der Waals surface area (Å²) in [5.41, 5.74) is 1.18. The molecule has 1 nitrogen and oxygen atoms in total. The van der Waals surface area contributed by atoms with Crippen LogP contribution in [0.3, 0.4) is 0 Å². The monoisotopic (exact) mass is 340 g/mol. The van der Waals surface area contributed by atoms with Crippen LogP contribution >= 0.6 is 0 Å². The molecule has 0 spiro atoms. The van der Waals surface area contributed by atoms with E-state index in [9.17, 15) is 4.21 Å². The molecule has 0 amide bonds. The SMILES string of the molecule is Cc1ccc(S(=O)c2ccc3ccc4cccc5ccc2c3c45)cc1. The summed E-state index contributed by atoms with van der Waals surface area (Å²) in [4.78, 5) is 1.73. The van der Waals surface area contributed by atoms with Crippen molar-refractivity contribution in [3.63, 3.8) is 0 Å². The molecule has 0 aliphatic carbocycles. The largest absolute Gasteiger partial charge is 0.249 e. The molecule has 0 N–H and O–H groups in total. The van der Waals surface area contributed by atoms with Crippen molar-refractivity contribution in [3.8, 4) is 0 Å². The average molecular weight is 340 g/mol. The Labute approximate surface area is 148 Å². The molecule has 0 radical (unpaired) electrons. The van der Waals surface area contributed by atoms with Crippen molar-refractivity contribution >= 4 is 43.1 Å². The van der Waals surface area contributed by atoms with E-state index in [2.05, 4.69) is 48.5 Å². The van der Waals surface area contributed by atoms with Gasteiger partial charge in [0.1, 0.15) is 0 Å². The molecule has 0 aromatic heterocycles. The third kappa shape index (κ3) is 2.18. The summed E-state index contributed by atoms with van der Waals surface area (Å²) in [5.74, 6) is 0. The van der Waals surface area contributed by atoms with Gasteiger partial charge in [-0.1, -0.05) is 66.2 Å². The second kappa shape index (κ2) is 5.40. The van der Waals surface area contributed by atoms with Gasteiger partial charge in [-0.2, -0.15) is 0 Å². The Hall–Kier alpha value is -2.71. The summed E-state index contributed by atoms with van der Waals surface area (Å²) in [6.45, 7) is 2.04. The molecular formula is C23H16OS. The minimum atomic E-state index is -1.19. The van der Waals surface area contributed by atoms with Gasteiger partial charge in [-0.25, -0.2) is 4.21 Å². The summed E-state index contributed by atoms with van der Waals surface area (Å²) in [6, 6.07) is 27.0. The predicted molar refractivity (Wildman–Crippen MR) is 106 cm³/mol. The minimum Gasteiger partial charge on any atom is -0.249 e. The first kappa shape index (κ1) is 14.6. The minimum absolute atomic E-state index is 0.848. The van der Waals surface area contributed by atoms with Gasteiger partial charge in [-0.3, -0.25) is 0 Å². The first-order chi connectivity index (χ1) is 12.2. The second-order valence-corrected chi connectivity index (χ2v) is 7.95. The highest BCUT2D eigenvalue weighted by molar-refractivity contribution is 7.85. The predicted octanol–water partition coefficient (Wildman–Crippen LogP) is 6.06. The molecule has 0 bridgehead atoms. The van der Waals surface area contributed by atoms with Crippen LogP contribution in [0.25, 0.3) is 32.3 Å². The molecule has 5 rings (SSSR count). The maximum absolute atomic E-state index is 13.2. The first-order valence-corrected chi connectivity index (χ1v) is 9.52. The molecule has 0 heterocycles. The van der Waals surface area contributed by atoms with Crippen molar-refractivity contribution in [1.82, 2.24) is 0 Å². The van der Waals surface area contributed by atoms with Crippen molar-refractivity contribution in [1.29, 1.82) is 0 Å². The van der Waals surface area contributed by atoms with Crippen molar-refractivity contribution in [2.24, 2.45) is 0 Å². The summed E-state index contributed by atoms with van der Waals surface area (Å²) in [5, 5.41) is 7.22. The van der Waals surface area contributed by atoms with E-state index in [4.69, 9.17) is 0 Å². The highest BCUT2D eigenvalue weighted by Gasteiger charge is 2.15. The molecule has 1 unspecified atom stereocenters. The molecule has 1 atom stereocenters. The van der Waals surface area contributed by atoms with Crippen LogP contribution in [0.2, 0.25) is 0 Å². The van der Waals surface area contributed by atoms with Crippen molar-refractivity contribution in [2.75, 3.05) is 0 Å². The van der Waals surface area contributed by atoms with Crippen LogP contribution in [0.1, 0.15) is 5.56 Å². The Morgan fingerprint density at radius 3 is 1.96 bits per heavy atom. The summed E-state index contributed by atoms with van der Waals surface area (Å²) < 4.78 is 13.2. The zero-order valence-electron chi connectivity index (χ0n) is 13.8. The van der Waals surface area contributed by atoms with E-state index in [1.807, 2.05) is 37.3 Å². The van der Waals surface area contributed by atoms with Gasteiger partial charge < -0.3 is 0 Å². The maximum atomic E-state index is 13.2. The molecule has 0 aliphatic rings. The van der Waals surface area contributed by atoms with Gasteiger partial charge in [0.05, 0.1) is 15.7 Å². The maximum Gasteiger partial charge on any atom is 0.0855 e. The zero-order chi connectivity index (χ0) is 17.0. The standard InChI is InChI=1S/C23H16OS/c1-15-5-11-19(12-6-15)25(24)21-14-10-18-8-7-16-3-2-4-17-9-13-20(21)23(18)22(16)17/h2-14H,1H3. The molecule has 0 saturated heterocycles. The number of hydrogen-bond donors (Lipinski definition) is 0. The number of benzene rings is 5. The van der Waals surface area contributed by atoms with E-state index in [-0.39, 0.29) is 0 Å². The van der Waals surface area contributed by atoms with Crippen LogP contribution in [0.4, 0.5) is 0 Å². The fraction of sp³-hybridized carbons (Fsp3) is 0.0435. The smallest absolute Gasteiger partial charge is 0.0855 e. The van der Waals surface area contributed by atoms with E-state index in [1.165, 1.54) is 32.5 Å². The van der Waals surface area contributed by atoms with Crippen LogP contribution in [0.5, 0.6) is 0 Å². The third-order valence-electron chi connectivity index (χ3n) is 4.92. The van der Waals surface area contributed by atoms with E-state index < -0.39 is 10.8 Å². The lowest BCUT2D eigenvalue weighted by atomic mass is 9.94. The topological polar surface area (TPSA) is 17.1 Å². The quantitative estimate of drug-likeness (QED) is 0.357. The third-order valence-corrected chi connectivity index (χ3v) is 6.38. The lowest BCUT2D eigenvalue weighted by Gasteiger charge is -2.13. The van der Waals surface area contributed by atoms with Gasteiger partial charge in [-0.05, 0) is 57.4 Å². The Kier molecular flexibility index (Phi) is 3.16. The Balaban J connectivity index is 1.84. The Morgan fingerprint density at radius 1 is 0.640 bits per heavy atom. The highest BCUT2D eigenvalue weighted by Crippen LogP contribution is 2.37. The van der Waals surface area contributed by atoms with Gasteiger partial charge in [0, 0.05) is 4.90 Å². The van der Waals surface area contributed by atoms with Crippen LogP contribution < -0.4 is 0 Å². The van der Waals surface area contributed by atoms with E-state index in [1.54, 1.807) is 0 Å². The zero-order valence-corrected chi connectivity index (χ0v) is 14.6. The molecule has 120 valence electrons. The van der Waals surface area contributed by atoms with Crippen molar-refractivity contribution < 1.29 is 4.21 Å². The molecule has 0 aliphatic heterocycles. The van der Waals surface area contributed by atoms with E-state index in [0.717, 1.165) is 15.2 Å². The summed E-state index contributed by atoms with van der Waals surface area (Å²) >= 11 is 0. The van der Waals surface area contributed by atoms with Gasteiger partial charge in [-0.15, -0.1) is 0 Å². The molecule has 5 aromatic carbocycles. The number of rotatable bonds is 2. The second-order valence-electron chi connectivity index (χ2n) is 6.50. The number of hydrogen-bond acceptors (Lipinski definition) is 1. The Bertz CT molecular complexity index is 1240. The summed E-state index contributed by atoms with van der Waals surface area (Å²) in [7, 11) is -1.19. The first-order valence-electron chi connectivity index (χ1n) is 8.37. The molecular weight excluding hydrogens is 324 g/mol. The van der Waals surface area contributed by atoms with Crippen molar-refractivity contribution in [3.05, 3.63) is 84.4 Å². The normalized spacial score (nSPS) is 13.0. The van der Waals surface area contributed by atoms with Gasteiger partial charge in [0.2, 0.25) is 0 Å². The van der Waals surface area contributed by atoms with Crippen LogP contribution in [-0.2, 0) is 10.8 Å². The lowest BCUT2D eigenvalue weighted by molar-refractivity contribution is 0.683. The van der Waals surface area contributed by atoms with Gasteiger partial charge >= 0.3 is 0 Å². The van der Waals surface area contributed by atoms with E-state index >= 15 is 0 Å². The van der Waals surface area contributed by atoms with Gasteiger partial charge in [0.25, 0.3) is 0 Å².